The van der Waals surface area contributed by atoms with Crippen molar-refractivity contribution in [1.29, 1.82) is 0 Å². The van der Waals surface area contributed by atoms with Crippen LogP contribution in [0.1, 0.15) is 28.0 Å². The molecule has 3 aromatic rings. The second kappa shape index (κ2) is 6.68. The van der Waals surface area contributed by atoms with Crippen LogP contribution in [0.5, 0.6) is 0 Å². The number of aromatic nitrogens is 2. The van der Waals surface area contributed by atoms with Crippen molar-refractivity contribution in [2.75, 3.05) is 10.6 Å². The van der Waals surface area contributed by atoms with Crippen molar-refractivity contribution in [1.82, 2.24) is 9.78 Å². The molecule has 0 bridgehead atoms. The van der Waals surface area contributed by atoms with Gasteiger partial charge in [0.05, 0.1) is 23.1 Å². The molecule has 7 heteroatoms. The summed E-state index contributed by atoms with van der Waals surface area (Å²) in [5, 5.41) is 9.89. The fourth-order valence-corrected chi connectivity index (χ4v) is 3.12. The Bertz CT molecular complexity index is 1040. The molecule has 0 unspecified atom stereocenters. The Hall–Kier alpha value is -3.48. The van der Waals surface area contributed by atoms with Crippen molar-refractivity contribution >= 4 is 23.2 Å². The number of hydrogen-bond acceptors (Lipinski definition) is 3. The Balaban J connectivity index is 1.56. The summed E-state index contributed by atoms with van der Waals surface area (Å²) in [5.41, 5.74) is 4.10. The van der Waals surface area contributed by atoms with Gasteiger partial charge in [0.2, 0.25) is 5.91 Å². The Morgan fingerprint density at radius 1 is 1.19 bits per heavy atom. The Morgan fingerprint density at radius 2 is 1.96 bits per heavy atom. The van der Waals surface area contributed by atoms with E-state index in [2.05, 4.69) is 15.7 Å². The monoisotopic (exact) mass is 364 g/mol. The maximum absolute atomic E-state index is 13.1. The lowest BCUT2D eigenvalue weighted by Gasteiger charge is -2.17. The molecule has 0 aliphatic carbocycles. The minimum atomic E-state index is -0.332. The third-order valence-corrected chi connectivity index (χ3v) is 4.59. The topological polar surface area (TPSA) is 76.0 Å². The number of amides is 2. The molecule has 1 aliphatic heterocycles. The van der Waals surface area contributed by atoms with Crippen LogP contribution in [0, 0.1) is 12.7 Å². The SMILES string of the molecule is Cc1c(C(=O)Nc2ccc3c(c2)NC(=O)CC3)cnn1-c1ccc(F)cc1. The van der Waals surface area contributed by atoms with Crippen LogP contribution >= 0.6 is 0 Å². The van der Waals surface area contributed by atoms with Crippen molar-refractivity contribution in [3.05, 3.63) is 71.3 Å². The lowest BCUT2D eigenvalue weighted by Crippen LogP contribution is -2.19. The number of nitrogens with zero attached hydrogens (tertiary/aromatic N) is 2. The number of carbonyl (C=O) groups is 2. The van der Waals surface area contributed by atoms with Gasteiger partial charge in [-0.25, -0.2) is 9.07 Å². The summed E-state index contributed by atoms with van der Waals surface area (Å²) >= 11 is 0. The van der Waals surface area contributed by atoms with Gasteiger partial charge in [-0.15, -0.1) is 0 Å². The van der Waals surface area contributed by atoms with Gasteiger partial charge >= 0.3 is 0 Å². The highest BCUT2D eigenvalue weighted by Crippen LogP contribution is 2.26. The van der Waals surface area contributed by atoms with Crippen LogP contribution in [0.15, 0.2) is 48.7 Å². The maximum atomic E-state index is 13.1. The quantitative estimate of drug-likeness (QED) is 0.747. The fraction of sp³-hybridized carbons (Fsp3) is 0.150. The molecule has 0 spiro atoms. The maximum Gasteiger partial charge on any atom is 0.259 e. The molecular weight excluding hydrogens is 347 g/mol. The van der Waals surface area contributed by atoms with Gasteiger partial charge in [-0.05, 0) is 55.3 Å². The smallest absolute Gasteiger partial charge is 0.259 e. The first-order chi connectivity index (χ1) is 13.0. The average Bonchev–Trinajstić information content (AvgIpc) is 3.03. The van der Waals surface area contributed by atoms with Crippen molar-refractivity contribution in [3.63, 3.8) is 0 Å². The van der Waals surface area contributed by atoms with E-state index in [0.717, 1.165) is 11.3 Å². The van der Waals surface area contributed by atoms with E-state index >= 15 is 0 Å². The van der Waals surface area contributed by atoms with E-state index in [1.165, 1.54) is 18.3 Å². The molecule has 0 radical (unpaired) electrons. The van der Waals surface area contributed by atoms with Gasteiger partial charge < -0.3 is 10.6 Å². The highest BCUT2D eigenvalue weighted by atomic mass is 19.1. The molecule has 2 heterocycles. The lowest BCUT2D eigenvalue weighted by molar-refractivity contribution is -0.116. The van der Waals surface area contributed by atoms with Crippen molar-refractivity contribution in [2.45, 2.75) is 19.8 Å². The van der Waals surface area contributed by atoms with Crippen LogP contribution in [0.2, 0.25) is 0 Å². The first kappa shape index (κ1) is 17.0. The largest absolute Gasteiger partial charge is 0.326 e. The van der Waals surface area contributed by atoms with Crippen LogP contribution in [0.3, 0.4) is 0 Å². The second-order valence-electron chi connectivity index (χ2n) is 6.41. The van der Waals surface area contributed by atoms with Gasteiger partial charge in [0.15, 0.2) is 0 Å². The minimum Gasteiger partial charge on any atom is -0.326 e. The summed E-state index contributed by atoms with van der Waals surface area (Å²) in [7, 11) is 0. The van der Waals surface area contributed by atoms with Crippen molar-refractivity contribution < 1.29 is 14.0 Å². The predicted molar refractivity (Wildman–Crippen MR) is 99.6 cm³/mol. The van der Waals surface area contributed by atoms with E-state index < -0.39 is 0 Å². The van der Waals surface area contributed by atoms with Gasteiger partial charge in [-0.2, -0.15) is 5.10 Å². The molecule has 0 saturated carbocycles. The lowest BCUT2D eigenvalue weighted by atomic mass is 10.0. The number of benzene rings is 2. The van der Waals surface area contributed by atoms with Crippen LogP contribution in [-0.2, 0) is 11.2 Å². The molecule has 2 amide bonds. The van der Waals surface area contributed by atoms with Gasteiger partial charge in [0, 0.05) is 17.8 Å². The molecule has 2 N–H and O–H groups in total. The van der Waals surface area contributed by atoms with Gasteiger partial charge in [0.25, 0.3) is 5.91 Å². The summed E-state index contributed by atoms with van der Waals surface area (Å²) in [6.07, 6.45) is 2.65. The highest BCUT2D eigenvalue weighted by molar-refractivity contribution is 6.05. The minimum absolute atomic E-state index is 0.0256. The molecule has 2 aromatic carbocycles. The van der Waals surface area contributed by atoms with Crippen LogP contribution < -0.4 is 10.6 Å². The number of nitrogens with one attached hydrogen (secondary N) is 2. The number of aryl methyl sites for hydroxylation is 1. The van der Waals surface area contributed by atoms with Crippen molar-refractivity contribution in [2.24, 2.45) is 0 Å². The van der Waals surface area contributed by atoms with Gasteiger partial charge in [-0.1, -0.05) is 6.07 Å². The summed E-state index contributed by atoms with van der Waals surface area (Å²) < 4.78 is 14.7. The molecule has 0 saturated heterocycles. The molecule has 136 valence electrons. The van der Waals surface area contributed by atoms with E-state index in [4.69, 9.17) is 0 Å². The summed E-state index contributed by atoms with van der Waals surface area (Å²) in [6, 6.07) is 11.4. The molecule has 0 atom stereocenters. The second-order valence-corrected chi connectivity index (χ2v) is 6.41. The third-order valence-electron chi connectivity index (χ3n) is 4.59. The number of fused-ring (bicyclic) bond motifs is 1. The number of rotatable bonds is 3. The zero-order chi connectivity index (χ0) is 19.0. The van der Waals surface area contributed by atoms with Crippen LogP contribution in [0.25, 0.3) is 5.69 Å². The summed E-state index contributed by atoms with van der Waals surface area (Å²) in [5.74, 6) is -0.661. The zero-order valence-corrected chi connectivity index (χ0v) is 14.6. The van der Waals surface area contributed by atoms with E-state index in [9.17, 15) is 14.0 Å². The molecule has 6 nitrogen and oxygen atoms in total. The van der Waals surface area contributed by atoms with Crippen LogP contribution in [-0.4, -0.2) is 21.6 Å². The average molecular weight is 364 g/mol. The summed E-state index contributed by atoms with van der Waals surface area (Å²) in [6.45, 7) is 1.78. The highest BCUT2D eigenvalue weighted by Gasteiger charge is 2.18. The fourth-order valence-electron chi connectivity index (χ4n) is 3.12. The molecule has 1 aliphatic rings. The Morgan fingerprint density at radius 3 is 2.74 bits per heavy atom. The normalized spacial score (nSPS) is 13.0. The Labute approximate surface area is 155 Å². The number of carbonyl (C=O) groups excluding carboxylic acids is 2. The first-order valence-electron chi connectivity index (χ1n) is 8.56. The van der Waals surface area contributed by atoms with Gasteiger partial charge in [-0.3, -0.25) is 9.59 Å². The molecule has 0 fully saturated rings. The first-order valence-corrected chi connectivity index (χ1v) is 8.56. The van der Waals surface area contributed by atoms with Gasteiger partial charge in [0.1, 0.15) is 5.82 Å². The van der Waals surface area contributed by atoms with Crippen LogP contribution in [0.4, 0.5) is 15.8 Å². The molecule has 1 aromatic heterocycles. The molecular formula is C20H17FN4O2. The number of anilines is 2. The van der Waals surface area contributed by atoms with E-state index in [-0.39, 0.29) is 17.6 Å². The number of hydrogen-bond donors (Lipinski definition) is 2. The zero-order valence-electron chi connectivity index (χ0n) is 14.6. The van der Waals surface area contributed by atoms with E-state index in [1.54, 1.807) is 29.8 Å². The standard InChI is InChI=1S/C20H17FN4O2/c1-12-17(11-22-25(12)16-7-4-14(21)5-8-16)20(27)23-15-6-2-13-3-9-19(26)24-18(13)10-15/h2,4-8,10-11H,3,9H2,1H3,(H,23,27)(H,24,26). The van der Waals surface area contributed by atoms with E-state index in [1.807, 2.05) is 12.1 Å². The van der Waals surface area contributed by atoms with Crippen molar-refractivity contribution in [3.8, 4) is 5.69 Å². The Kier molecular flexibility index (Phi) is 4.19. The predicted octanol–water partition coefficient (Wildman–Crippen LogP) is 3.46. The molecule has 27 heavy (non-hydrogen) atoms. The van der Waals surface area contributed by atoms with E-state index in [0.29, 0.717) is 35.5 Å². The number of halogens is 1. The molecule has 4 rings (SSSR count). The summed E-state index contributed by atoms with van der Waals surface area (Å²) in [4.78, 5) is 24.2. The third kappa shape index (κ3) is 3.31.